The van der Waals surface area contributed by atoms with E-state index < -0.39 is 0 Å². The van der Waals surface area contributed by atoms with Crippen molar-refractivity contribution in [2.75, 3.05) is 9.80 Å². The van der Waals surface area contributed by atoms with Crippen LogP contribution in [0.25, 0.3) is 44.6 Å². The fraction of sp³-hybridized carbons (Fsp3) is 0. The lowest BCUT2D eigenvalue weighted by Crippen LogP contribution is -2.60. The normalized spacial score (nSPS) is 13.7. The number of hydrogen-bond donors (Lipinski definition) is 0. The van der Waals surface area contributed by atoms with Gasteiger partial charge in [0, 0.05) is 34.1 Å². The molecule has 0 radical (unpaired) electrons. The summed E-state index contributed by atoms with van der Waals surface area (Å²) in [6.07, 6.45) is 0. The summed E-state index contributed by atoms with van der Waals surface area (Å²) in [5.41, 5.74) is 22.4. The van der Waals surface area contributed by atoms with Crippen LogP contribution in [0.2, 0.25) is 0 Å². The van der Waals surface area contributed by atoms with Crippen molar-refractivity contribution in [3.8, 4) is 22.5 Å². The van der Waals surface area contributed by atoms with Crippen LogP contribution in [0, 0.1) is 0 Å². The smallest absolute Gasteiger partial charge is 0.252 e. The van der Waals surface area contributed by atoms with E-state index in [9.17, 15) is 0 Å². The molecular formula is C48H28B2N8. The van der Waals surface area contributed by atoms with Crippen LogP contribution in [-0.4, -0.2) is 43.4 Å². The van der Waals surface area contributed by atoms with E-state index in [-0.39, 0.29) is 13.4 Å². The molecule has 10 aromatic rings. The highest BCUT2D eigenvalue weighted by Crippen LogP contribution is 2.44. The van der Waals surface area contributed by atoms with Gasteiger partial charge in [-0.1, -0.05) is 107 Å². The molecule has 2 aromatic heterocycles. The molecule has 0 aliphatic carbocycles. The molecule has 0 saturated heterocycles. The lowest BCUT2D eigenvalue weighted by Gasteiger charge is -2.40. The van der Waals surface area contributed by atoms with Crippen LogP contribution in [-0.2, 0) is 0 Å². The van der Waals surface area contributed by atoms with E-state index in [0.29, 0.717) is 0 Å². The summed E-state index contributed by atoms with van der Waals surface area (Å²) in [4.78, 5) is 4.86. The van der Waals surface area contributed by atoms with Crippen molar-refractivity contribution in [2.45, 2.75) is 0 Å². The molecule has 0 unspecified atom stereocenters. The molecule has 4 aliphatic heterocycles. The Labute approximate surface area is 333 Å². The van der Waals surface area contributed by atoms with Crippen molar-refractivity contribution in [2.24, 2.45) is 0 Å². The Balaban J connectivity index is 1.10. The van der Waals surface area contributed by atoms with Gasteiger partial charge in [-0.05, 0) is 117 Å². The number of nitrogens with zero attached hydrogens (tertiary/aromatic N) is 8. The Kier molecular flexibility index (Phi) is 5.78. The lowest BCUT2D eigenvalue weighted by atomic mass is 9.33. The minimum atomic E-state index is 0.0142. The minimum absolute atomic E-state index is 0.0142. The third-order valence-electron chi connectivity index (χ3n) is 12.7. The molecule has 8 nitrogen and oxygen atoms in total. The Morgan fingerprint density at radius 2 is 0.741 bits per heavy atom. The number of para-hydroxylation sites is 6. The van der Waals surface area contributed by atoms with Gasteiger partial charge in [-0.25, -0.2) is 9.36 Å². The zero-order valence-electron chi connectivity index (χ0n) is 30.9. The van der Waals surface area contributed by atoms with Crippen molar-refractivity contribution in [1.29, 1.82) is 0 Å². The van der Waals surface area contributed by atoms with Crippen molar-refractivity contribution in [3.05, 3.63) is 170 Å². The summed E-state index contributed by atoms with van der Waals surface area (Å²) >= 11 is 0. The van der Waals surface area contributed by atoms with Crippen molar-refractivity contribution in [1.82, 2.24) is 30.0 Å². The van der Waals surface area contributed by atoms with E-state index in [0.717, 1.165) is 67.3 Å². The highest BCUT2D eigenvalue weighted by Gasteiger charge is 2.44. The fourth-order valence-electron chi connectivity index (χ4n) is 10.5. The average molecular weight is 738 g/mol. The highest BCUT2D eigenvalue weighted by atomic mass is 15.4. The standard InChI is InChI=1S/C48H28B2N8/c1-3-13-31(14-4-1)55-39-23-9-7-17-33(39)49-35-19-11-21-37-47(35)57(53-51-37)43-27-29(25-41(55)45(43)49)30-26-42-46-44(28-30)58-48-36(20-12-22-38(48)52-54-58)50(46)34-18-8-10-24-40(34)56(42)32-15-5-2-6-16-32/h1-28H. The van der Waals surface area contributed by atoms with Crippen LogP contribution < -0.4 is 42.6 Å². The topological polar surface area (TPSA) is 67.9 Å². The molecule has 0 atom stereocenters. The first-order valence-corrected chi connectivity index (χ1v) is 19.7. The van der Waals surface area contributed by atoms with Crippen molar-refractivity contribution in [3.63, 3.8) is 0 Å². The Hall–Kier alpha value is -7.71. The first kappa shape index (κ1) is 30.5. The van der Waals surface area contributed by atoms with Gasteiger partial charge >= 0.3 is 0 Å². The molecular weight excluding hydrogens is 710 g/mol. The second-order valence-corrected chi connectivity index (χ2v) is 15.6. The Morgan fingerprint density at radius 3 is 1.21 bits per heavy atom. The largest absolute Gasteiger partial charge is 0.311 e. The van der Waals surface area contributed by atoms with Gasteiger partial charge in [-0.3, -0.25) is 0 Å². The average Bonchev–Trinajstić information content (AvgIpc) is 3.93. The van der Waals surface area contributed by atoms with Gasteiger partial charge in [0.25, 0.3) is 13.4 Å². The molecule has 266 valence electrons. The van der Waals surface area contributed by atoms with E-state index in [1.807, 2.05) is 0 Å². The van der Waals surface area contributed by atoms with Gasteiger partial charge < -0.3 is 9.80 Å². The molecule has 4 aliphatic rings. The third-order valence-corrected chi connectivity index (χ3v) is 12.7. The first-order valence-electron chi connectivity index (χ1n) is 19.7. The van der Waals surface area contributed by atoms with E-state index in [1.54, 1.807) is 0 Å². The van der Waals surface area contributed by atoms with Crippen LogP contribution in [0.15, 0.2) is 170 Å². The number of aromatic nitrogens is 6. The summed E-state index contributed by atoms with van der Waals surface area (Å²) in [6.45, 7) is 0.0285. The van der Waals surface area contributed by atoms with E-state index in [1.165, 1.54) is 44.2 Å². The molecule has 0 spiro atoms. The molecule has 8 aromatic carbocycles. The van der Waals surface area contributed by atoms with Crippen LogP contribution in [0.3, 0.4) is 0 Å². The monoisotopic (exact) mass is 738 g/mol. The number of rotatable bonds is 3. The molecule has 58 heavy (non-hydrogen) atoms. The number of fused-ring (bicyclic) bond motifs is 8. The Bertz CT molecular complexity index is 3170. The summed E-state index contributed by atoms with van der Waals surface area (Å²) < 4.78 is 4.14. The Morgan fingerprint density at radius 1 is 0.345 bits per heavy atom. The van der Waals surface area contributed by atoms with Gasteiger partial charge in [-0.15, -0.1) is 10.2 Å². The van der Waals surface area contributed by atoms with Crippen LogP contribution in [0.1, 0.15) is 0 Å². The van der Waals surface area contributed by atoms with Gasteiger partial charge in [0.05, 0.1) is 22.4 Å². The molecule has 0 fully saturated rings. The molecule has 0 bridgehead atoms. The molecule has 6 heterocycles. The maximum Gasteiger partial charge on any atom is 0.252 e. The highest BCUT2D eigenvalue weighted by molar-refractivity contribution is 7.01. The summed E-state index contributed by atoms with van der Waals surface area (Å²) in [6, 6.07) is 61.5. The van der Waals surface area contributed by atoms with E-state index in [4.69, 9.17) is 20.6 Å². The quantitative estimate of drug-likeness (QED) is 0.206. The third kappa shape index (κ3) is 3.81. The second kappa shape index (κ2) is 11.0. The minimum Gasteiger partial charge on any atom is -0.311 e. The zero-order valence-corrected chi connectivity index (χ0v) is 30.9. The van der Waals surface area contributed by atoms with Gasteiger partial charge in [0.15, 0.2) is 0 Å². The molecule has 0 amide bonds. The van der Waals surface area contributed by atoms with Gasteiger partial charge in [0.1, 0.15) is 11.0 Å². The first-order chi connectivity index (χ1) is 28.8. The van der Waals surface area contributed by atoms with Crippen LogP contribution in [0.5, 0.6) is 0 Å². The molecule has 10 heteroatoms. The SMILES string of the molecule is c1ccc(N2c3ccccc3B3c4c2cc(-c2cc5c6c(c2)-n2nnc7cccc(c72)B6c2ccccc2N5c2ccccc2)cc4-n2nnc4cccc3c42)cc1. The van der Waals surface area contributed by atoms with Gasteiger partial charge in [-0.2, -0.15) is 0 Å². The second-order valence-electron chi connectivity index (χ2n) is 15.6. The molecule has 0 saturated carbocycles. The fourth-order valence-corrected chi connectivity index (χ4v) is 10.5. The summed E-state index contributed by atoms with van der Waals surface area (Å²) in [5, 5.41) is 19.1. The maximum absolute atomic E-state index is 4.85. The predicted octanol–water partition coefficient (Wildman–Crippen LogP) is 6.05. The number of hydrogen-bond acceptors (Lipinski definition) is 6. The van der Waals surface area contributed by atoms with E-state index >= 15 is 0 Å². The van der Waals surface area contributed by atoms with Crippen molar-refractivity contribution >= 4 is 102 Å². The summed E-state index contributed by atoms with van der Waals surface area (Å²) in [5.74, 6) is 0. The maximum atomic E-state index is 4.85. The molecule has 14 rings (SSSR count). The van der Waals surface area contributed by atoms with Gasteiger partial charge in [0.2, 0.25) is 0 Å². The van der Waals surface area contributed by atoms with Crippen LogP contribution >= 0.6 is 0 Å². The van der Waals surface area contributed by atoms with Crippen molar-refractivity contribution < 1.29 is 0 Å². The van der Waals surface area contributed by atoms with E-state index in [2.05, 4.69) is 189 Å². The number of anilines is 6. The number of benzene rings is 8. The molecule has 0 N–H and O–H groups in total. The lowest BCUT2D eigenvalue weighted by molar-refractivity contribution is 0.826. The van der Waals surface area contributed by atoms with Crippen LogP contribution in [0.4, 0.5) is 34.1 Å². The summed E-state index contributed by atoms with van der Waals surface area (Å²) in [7, 11) is 0. The predicted molar refractivity (Wildman–Crippen MR) is 235 cm³/mol. The zero-order chi connectivity index (χ0) is 37.6.